The summed E-state index contributed by atoms with van der Waals surface area (Å²) in [4.78, 5) is 0.249. The summed E-state index contributed by atoms with van der Waals surface area (Å²) in [7, 11) is -3.55. The van der Waals surface area contributed by atoms with Crippen LogP contribution in [0.5, 0.6) is 0 Å². The average Bonchev–Trinajstić information content (AvgIpc) is 2.37. The monoisotopic (exact) mass is 313 g/mol. The predicted octanol–water partition coefficient (Wildman–Crippen LogP) is 2.16. The lowest BCUT2D eigenvalue weighted by Crippen LogP contribution is -2.47. The third kappa shape index (κ3) is 4.43. The minimum Gasteiger partial charge on any atom is -0.377 e. The van der Waals surface area contributed by atoms with Gasteiger partial charge in [0.2, 0.25) is 10.0 Å². The lowest BCUT2D eigenvalue weighted by molar-refractivity contribution is 0.382. The molecular formula is C15H27N3O2S. The smallest absolute Gasteiger partial charge is 0.242 e. The molecule has 0 bridgehead atoms. The van der Waals surface area contributed by atoms with Crippen molar-refractivity contribution in [2.24, 2.45) is 11.7 Å². The maximum Gasteiger partial charge on any atom is 0.242 e. The van der Waals surface area contributed by atoms with Gasteiger partial charge in [0.1, 0.15) is 4.90 Å². The van der Waals surface area contributed by atoms with Crippen molar-refractivity contribution < 1.29 is 8.42 Å². The fraction of sp³-hybridized carbons (Fsp3) is 0.600. The molecule has 1 unspecified atom stereocenters. The minimum atomic E-state index is -3.55. The van der Waals surface area contributed by atoms with Crippen molar-refractivity contribution >= 4 is 15.7 Å². The van der Waals surface area contributed by atoms with E-state index in [0.29, 0.717) is 12.2 Å². The van der Waals surface area contributed by atoms with Crippen LogP contribution in [-0.4, -0.2) is 26.5 Å². The molecule has 0 spiro atoms. The average molecular weight is 313 g/mol. The van der Waals surface area contributed by atoms with Crippen LogP contribution < -0.4 is 15.8 Å². The van der Waals surface area contributed by atoms with Crippen molar-refractivity contribution in [1.82, 2.24) is 4.72 Å². The van der Waals surface area contributed by atoms with E-state index in [1.54, 1.807) is 32.0 Å². The van der Waals surface area contributed by atoms with Gasteiger partial charge in [-0.2, -0.15) is 0 Å². The number of nitrogens with one attached hydrogen (secondary N) is 2. The first-order chi connectivity index (χ1) is 9.62. The molecular weight excluding hydrogens is 286 g/mol. The molecule has 120 valence electrons. The molecule has 0 amide bonds. The molecule has 0 aliphatic carbocycles. The molecule has 1 rings (SSSR count). The Morgan fingerprint density at radius 3 is 2.24 bits per heavy atom. The van der Waals surface area contributed by atoms with E-state index < -0.39 is 10.0 Å². The van der Waals surface area contributed by atoms with Gasteiger partial charge in [-0.25, -0.2) is 13.1 Å². The Hall–Kier alpha value is -1.11. The Labute approximate surface area is 128 Å². The van der Waals surface area contributed by atoms with E-state index in [-0.39, 0.29) is 22.4 Å². The molecule has 0 aliphatic rings. The number of anilines is 1. The largest absolute Gasteiger partial charge is 0.377 e. The SMILES string of the molecule is CC(C)NS(=O)(=O)c1ccccc1NC(C)(CN)C(C)C. The number of para-hydroxylation sites is 1. The molecule has 1 atom stereocenters. The Kier molecular flexibility index (Phi) is 5.78. The van der Waals surface area contributed by atoms with E-state index >= 15 is 0 Å². The maximum atomic E-state index is 12.4. The van der Waals surface area contributed by atoms with Crippen molar-refractivity contribution in [3.05, 3.63) is 24.3 Å². The van der Waals surface area contributed by atoms with Crippen LogP contribution in [-0.2, 0) is 10.0 Å². The molecule has 4 N–H and O–H groups in total. The fourth-order valence-electron chi connectivity index (χ4n) is 1.92. The van der Waals surface area contributed by atoms with Gasteiger partial charge in [-0.1, -0.05) is 26.0 Å². The first-order valence-corrected chi connectivity index (χ1v) is 8.70. The van der Waals surface area contributed by atoms with Crippen LogP contribution in [0.25, 0.3) is 0 Å². The molecule has 0 heterocycles. The second-order valence-corrected chi connectivity index (χ2v) is 7.86. The van der Waals surface area contributed by atoms with Gasteiger partial charge in [0.15, 0.2) is 0 Å². The maximum absolute atomic E-state index is 12.4. The molecule has 0 saturated carbocycles. The van der Waals surface area contributed by atoms with Crippen LogP contribution in [0.3, 0.4) is 0 Å². The molecule has 5 nitrogen and oxygen atoms in total. The number of sulfonamides is 1. The standard InChI is InChI=1S/C15H27N3O2S/c1-11(2)15(5,10-16)17-13-8-6-7-9-14(13)21(19,20)18-12(3)4/h6-9,11-12,17-18H,10,16H2,1-5H3. The summed E-state index contributed by atoms with van der Waals surface area (Å²) in [5, 5.41) is 3.31. The van der Waals surface area contributed by atoms with Crippen LogP contribution in [0.2, 0.25) is 0 Å². The van der Waals surface area contributed by atoms with Gasteiger partial charge in [-0.3, -0.25) is 0 Å². The summed E-state index contributed by atoms with van der Waals surface area (Å²) < 4.78 is 27.5. The lowest BCUT2D eigenvalue weighted by Gasteiger charge is -2.35. The molecule has 21 heavy (non-hydrogen) atoms. The van der Waals surface area contributed by atoms with Crippen molar-refractivity contribution in [2.75, 3.05) is 11.9 Å². The molecule has 0 aromatic heterocycles. The van der Waals surface area contributed by atoms with E-state index in [2.05, 4.69) is 23.9 Å². The zero-order chi connectivity index (χ0) is 16.3. The highest BCUT2D eigenvalue weighted by molar-refractivity contribution is 7.89. The zero-order valence-corrected chi connectivity index (χ0v) is 14.3. The van der Waals surface area contributed by atoms with Gasteiger partial charge in [0.25, 0.3) is 0 Å². The molecule has 0 saturated heterocycles. The number of rotatable bonds is 7. The summed E-state index contributed by atoms with van der Waals surface area (Å²) in [6, 6.07) is 6.74. The number of nitrogens with two attached hydrogens (primary N) is 1. The van der Waals surface area contributed by atoms with Crippen molar-refractivity contribution in [2.45, 2.75) is 51.1 Å². The molecule has 6 heteroatoms. The highest BCUT2D eigenvalue weighted by Gasteiger charge is 2.29. The third-order valence-electron chi connectivity index (χ3n) is 3.69. The number of hydrogen-bond acceptors (Lipinski definition) is 4. The van der Waals surface area contributed by atoms with Crippen LogP contribution in [0.1, 0.15) is 34.6 Å². The predicted molar refractivity (Wildman–Crippen MR) is 87.8 cm³/mol. The Bertz CT molecular complexity index is 570. The first-order valence-electron chi connectivity index (χ1n) is 7.22. The second-order valence-electron chi connectivity index (χ2n) is 6.17. The minimum absolute atomic E-state index is 0.158. The summed E-state index contributed by atoms with van der Waals surface area (Å²) in [6.45, 7) is 10.1. The zero-order valence-electron chi connectivity index (χ0n) is 13.5. The van der Waals surface area contributed by atoms with E-state index in [4.69, 9.17) is 5.73 Å². The second kappa shape index (κ2) is 6.77. The van der Waals surface area contributed by atoms with Gasteiger partial charge in [0, 0.05) is 18.1 Å². The fourth-order valence-corrected chi connectivity index (χ4v) is 3.33. The summed E-state index contributed by atoms with van der Waals surface area (Å²) in [5.41, 5.74) is 6.07. The van der Waals surface area contributed by atoms with E-state index in [1.165, 1.54) is 0 Å². The van der Waals surface area contributed by atoms with Crippen LogP contribution in [0.15, 0.2) is 29.2 Å². The Morgan fingerprint density at radius 1 is 1.19 bits per heavy atom. The van der Waals surface area contributed by atoms with Crippen LogP contribution in [0.4, 0.5) is 5.69 Å². The number of hydrogen-bond donors (Lipinski definition) is 3. The van der Waals surface area contributed by atoms with Crippen molar-refractivity contribution in [1.29, 1.82) is 0 Å². The van der Waals surface area contributed by atoms with Crippen LogP contribution in [0, 0.1) is 5.92 Å². The quantitative estimate of drug-likeness (QED) is 0.720. The first kappa shape index (κ1) is 17.9. The highest BCUT2D eigenvalue weighted by Crippen LogP contribution is 2.27. The molecule has 1 aromatic carbocycles. The van der Waals surface area contributed by atoms with Crippen molar-refractivity contribution in [3.8, 4) is 0 Å². The van der Waals surface area contributed by atoms with Crippen LogP contribution >= 0.6 is 0 Å². The van der Waals surface area contributed by atoms with Crippen molar-refractivity contribution in [3.63, 3.8) is 0 Å². The lowest BCUT2D eigenvalue weighted by atomic mass is 9.88. The third-order valence-corrected chi connectivity index (χ3v) is 5.40. The molecule has 0 radical (unpaired) electrons. The Balaban J connectivity index is 3.22. The van der Waals surface area contributed by atoms with Gasteiger partial charge in [-0.05, 0) is 38.8 Å². The molecule has 0 fully saturated rings. The number of benzene rings is 1. The van der Waals surface area contributed by atoms with Gasteiger partial charge in [0.05, 0.1) is 5.69 Å². The van der Waals surface area contributed by atoms with E-state index in [1.807, 2.05) is 13.0 Å². The summed E-state index contributed by atoms with van der Waals surface area (Å²) >= 11 is 0. The summed E-state index contributed by atoms with van der Waals surface area (Å²) in [5.74, 6) is 0.260. The Morgan fingerprint density at radius 2 is 1.76 bits per heavy atom. The normalized spacial score (nSPS) is 15.2. The van der Waals surface area contributed by atoms with E-state index in [9.17, 15) is 8.42 Å². The molecule has 1 aromatic rings. The van der Waals surface area contributed by atoms with Gasteiger partial charge < -0.3 is 11.1 Å². The molecule has 0 aliphatic heterocycles. The van der Waals surface area contributed by atoms with Gasteiger partial charge in [-0.15, -0.1) is 0 Å². The van der Waals surface area contributed by atoms with Gasteiger partial charge >= 0.3 is 0 Å². The summed E-state index contributed by atoms with van der Waals surface area (Å²) in [6.07, 6.45) is 0. The van der Waals surface area contributed by atoms with E-state index in [0.717, 1.165) is 0 Å². The highest BCUT2D eigenvalue weighted by atomic mass is 32.2. The topological polar surface area (TPSA) is 84.2 Å².